The molecule has 0 aliphatic carbocycles. The highest BCUT2D eigenvalue weighted by atomic mass is 79.9. The maximum absolute atomic E-state index is 13.3. The van der Waals surface area contributed by atoms with Crippen LogP contribution in [0, 0.1) is 19.7 Å². The van der Waals surface area contributed by atoms with Crippen LogP contribution in [0.3, 0.4) is 0 Å². The zero-order valence-corrected chi connectivity index (χ0v) is 14.5. The van der Waals surface area contributed by atoms with Crippen molar-refractivity contribution in [2.24, 2.45) is 0 Å². The van der Waals surface area contributed by atoms with Crippen LogP contribution in [0.1, 0.15) is 31.8 Å². The molecule has 0 unspecified atom stereocenters. The zero-order valence-electron chi connectivity index (χ0n) is 12.9. The average molecular weight is 380 g/mol. The van der Waals surface area contributed by atoms with Crippen LogP contribution in [0.5, 0.6) is 0 Å². The lowest BCUT2D eigenvalue weighted by Crippen LogP contribution is -2.14. The van der Waals surface area contributed by atoms with Crippen molar-refractivity contribution in [3.8, 4) is 0 Å². The summed E-state index contributed by atoms with van der Waals surface area (Å²) in [6, 6.07) is 7.14. The van der Waals surface area contributed by atoms with Crippen LogP contribution in [-0.4, -0.2) is 19.0 Å². The number of esters is 1. The Morgan fingerprint density at radius 2 is 1.83 bits per heavy atom. The first-order chi connectivity index (χ1) is 10.8. The van der Waals surface area contributed by atoms with Crippen molar-refractivity contribution >= 4 is 33.5 Å². The zero-order chi connectivity index (χ0) is 17.1. The molecule has 2 rings (SSSR count). The number of carbonyl (C=O) groups is 2. The van der Waals surface area contributed by atoms with E-state index in [2.05, 4.69) is 21.2 Å². The van der Waals surface area contributed by atoms with E-state index < -0.39 is 17.7 Å². The highest BCUT2D eigenvalue weighted by Gasteiger charge is 2.16. The third-order valence-corrected chi connectivity index (χ3v) is 4.20. The van der Waals surface area contributed by atoms with Gasteiger partial charge in [-0.3, -0.25) is 4.79 Å². The van der Waals surface area contributed by atoms with Crippen LogP contribution in [-0.2, 0) is 4.74 Å². The van der Waals surface area contributed by atoms with Crippen LogP contribution in [0.15, 0.2) is 34.8 Å². The van der Waals surface area contributed by atoms with Crippen molar-refractivity contribution in [2.75, 3.05) is 12.4 Å². The second-order valence-corrected chi connectivity index (χ2v) is 5.89. The summed E-state index contributed by atoms with van der Waals surface area (Å²) in [5.74, 6) is -1.46. The molecule has 1 N–H and O–H groups in total. The maximum atomic E-state index is 13.3. The van der Waals surface area contributed by atoms with Gasteiger partial charge in [-0.25, -0.2) is 9.18 Å². The van der Waals surface area contributed by atoms with Gasteiger partial charge in [0, 0.05) is 10.2 Å². The normalized spacial score (nSPS) is 10.3. The summed E-state index contributed by atoms with van der Waals surface area (Å²) in [6.07, 6.45) is 0. The number of methoxy groups -OCH3 is 1. The standard InChI is InChI=1S/C17H15BrFNO3/c1-9-6-12(8-13(10(9)2)17(22)23-3)20-16(21)14-7-11(19)4-5-15(14)18/h4-8H,1-3H3,(H,20,21). The Hall–Kier alpha value is -2.21. The molecule has 0 fully saturated rings. The molecule has 0 heterocycles. The fourth-order valence-electron chi connectivity index (χ4n) is 2.12. The molecule has 0 bridgehead atoms. The van der Waals surface area contributed by atoms with Gasteiger partial charge in [0.2, 0.25) is 0 Å². The Kier molecular flexibility index (Phi) is 5.15. The minimum Gasteiger partial charge on any atom is -0.465 e. The number of aryl methyl sites for hydroxylation is 1. The number of halogens is 2. The van der Waals surface area contributed by atoms with Gasteiger partial charge in [0.15, 0.2) is 0 Å². The van der Waals surface area contributed by atoms with E-state index in [0.717, 1.165) is 17.2 Å². The van der Waals surface area contributed by atoms with E-state index in [4.69, 9.17) is 4.74 Å². The molecule has 23 heavy (non-hydrogen) atoms. The molecule has 120 valence electrons. The minimum atomic E-state index is -0.506. The first-order valence-electron chi connectivity index (χ1n) is 6.79. The number of carbonyl (C=O) groups excluding carboxylic acids is 2. The first-order valence-corrected chi connectivity index (χ1v) is 7.58. The number of hydrogen-bond acceptors (Lipinski definition) is 3. The lowest BCUT2D eigenvalue weighted by Gasteiger charge is -2.12. The largest absolute Gasteiger partial charge is 0.465 e. The minimum absolute atomic E-state index is 0.169. The highest BCUT2D eigenvalue weighted by Crippen LogP contribution is 2.23. The number of hydrogen-bond donors (Lipinski definition) is 1. The van der Waals surface area contributed by atoms with Crippen molar-refractivity contribution in [1.82, 2.24) is 0 Å². The molecular weight excluding hydrogens is 365 g/mol. The monoisotopic (exact) mass is 379 g/mol. The Balaban J connectivity index is 2.36. The third kappa shape index (κ3) is 3.76. The molecule has 0 aliphatic heterocycles. The van der Waals surface area contributed by atoms with E-state index in [1.807, 2.05) is 6.92 Å². The first kappa shape index (κ1) is 17.1. The summed E-state index contributed by atoms with van der Waals surface area (Å²) in [7, 11) is 1.30. The van der Waals surface area contributed by atoms with Gasteiger partial charge in [0.25, 0.3) is 5.91 Å². The van der Waals surface area contributed by atoms with E-state index in [1.54, 1.807) is 19.1 Å². The Bertz CT molecular complexity index is 790. The molecule has 0 saturated carbocycles. The SMILES string of the molecule is COC(=O)c1cc(NC(=O)c2cc(F)ccc2Br)cc(C)c1C. The number of benzene rings is 2. The van der Waals surface area contributed by atoms with Gasteiger partial charge in [0.05, 0.1) is 18.2 Å². The van der Waals surface area contributed by atoms with Gasteiger partial charge in [0.1, 0.15) is 5.82 Å². The molecule has 0 aromatic heterocycles. The van der Waals surface area contributed by atoms with Gasteiger partial charge >= 0.3 is 5.97 Å². The number of amides is 1. The fraction of sp³-hybridized carbons (Fsp3) is 0.176. The van der Waals surface area contributed by atoms with Gasteiger partial charge in [-0.05, 0) is 71.2 Å². The molecule has 0 spiro atoms. The summed E-state index contributed by atoms with van der Waals surface area (Å²) >= 11 is 3.22. The topological polar surface area (TPSA) is 55.4 Å². The predicted octanol–water partition coefficient (Wildman–Crippen LogP) is 4.24. The number of rotatable bonds is 3. The van der Waals surface area contributed by atoms with E-state index in [1.165, 1.54) is 19.2 Å². The Morgan fingerprint density at radius 1 is 1.13 bits per heavy atom. The van der Waals surface area contributed by atoms with E-state index in [-0.39, 0.29) is 5.56 Å². The molecule has 2 aromatic carbocycles. The van der Waals surface area contributed by atoms with E-state index in [9.17, 15) is 14.0 Å². The number of ether oxygens (including phenoxy) is 1. The second-order valence-electron chi connectivity index (χ2n) is 5.04. The smallest absolute Gasteiger partial charge is 0.338 e. The summed E-state index contributed by atoms with van der Waals surface area (Å²) in [4.78, 5) is 24.1. The molecule has 0 aliphatic rings. The van der Waals surface area contributed by atoms with Crippen molar-refractivity contribution < 1.29 is 18.7 Å². The summed E-state index contributed by atoms with van der Waals surface area (Å²) < 4.78 is 18.5. The molecule has 0 radical (unpaired) electrons. The Labute approximate surface area is 141 Å². The quantitative estimate of drug-likeness (QED) is 0.811. The summed E-state index contributed by atoms with van der Waals surface area (Å²) in [5.41, 5.74) is 2.60. The molecule has 1 amide bonds. The van der Waals surface area contributed by atoms with Gasteiger partial charge < -0.3 is 10.1 Å². The van der Waals surface area contributed by atoms with Gasteiger partial charge in [-0.1, -0.05) is 0 Å². The number of nitrogens with one attached hydrogen (secondary N) is 1. The molecule has 2 aromatic rings. The van der Waals surface area contributed by atoms with Gasteiger partial charge in [-0.2, -0.15) is 0 Å². The molecular formula is C17H15BrFNO3. The van der Waals surface area contributed by atoms with Crippen molar-refractivity contribution in [3.05, 3.63) is 62.9 Å². The molecule has 0 saturated heterocycles. The third-order valence-electron chi connectivity index (χ3n) is 3.50. The van der Waals surface area contributed by atoms with E-state index in [0.29, 0.717) is 15.7 Å². The molecule has 4 nitrogen and oxygen atoms in total. The van der Waals surface area contributed by atoms with Gasteiger partial charge in [-0.15, -0.1) is 0 Å². The Morgan fingerprint density at radius 3 is 2.48 bits per heavy atom. The van der Waals surface area contributed by atoms with Crippen LogP contribution in [0.4, 0.5) is 10.1 Å². The predicted molar refractivity (Wildman–Crippen MR) is 89.3 cm³/mol. The number of anilines is 1. The van der Waals surface area contributed by atoms with Crippen molar-refractivity contribution in [2.45, 2.75) is 13.8 Å². The lowest BCUT2D eigenvalue weighted by atomic mass is 10.0. The molecule has 6 heteroatoms. The lowest BCUT2D eigenvalue weighted by molar-refractivity contribution is 0.0599. The van der Waals surface area contributed by atoms with E-state index >= 15 is 0 Å². The summed E-state index contributed by atoms with van der Waals surface area (Å²) in [6.45, 7) is 3.63. The fourth-order valence-corrected chi connectivity index (χ4v) is 2.55. The maximum Gasteiger partial charge on any atom is 0.338 e. The van der Waals surface area contributed by atoms with Crippen LogP contribution >= 0.6 is 15.9 Å². The second kappa shape index (κ2) is 6.91. The summed E-state index contributed by atoms with van der Waals surface area (Å²) in [5, 5.41) is 2.67. The van der Waals surface area contributed by atoms with Crippen LogP contribution < -0.4 is 5.32 Å². The van der Waals surface area contributed by atoms with Crippen LogP contribution in [0.25, 0.3) is 0 Å². The van der Waals surface area contributed by atoms with Crippen LogP contribution in [0.2, 0.25) is 0 Å². The van der Waals surface area contributed by atoms with Crippen molar-refractivity contribution in [1.29, 1.82) is 0 Å². The average Bonchev–Trinajstić information content (AvgIpc) is 2.52. The highest BCUT2D eigenvalue weighted by molar-refractivity contribution is 9.10. The molecule has 0 atom stereocenters. The van der Waals surface area contributed by atoms with Crippen molar-refractivity contribution in [3.63, 3.8) is 0 Å².